The standard InChI is InChI=1S/C16H22N2O/c1-3-5-13-6-8-14(9-7-13)10-11-18-16(19)15(4-2)12-17/h6-9,15H,3-5,10-11H2,1-2H3,(H,18,19). The molecule has 1 rings (SSSR count). The van der Waals surface area contributed by atoms with Crippen molar-refractivity contribution in [2.45, 2.75) is 39.5 Å². The van der Waals surface area contributed by atoms with Crippen LogP contribution in [0.4, 0.5) is 0 Å². The highest BCUT2D eigenvalue weighted by molar-refractivity contribution is 5.80. The fraction of sp³-hybridized carbons (Fsp3) is 0.500. The maximum Gasteiger partial charge on any atom is 0.237 e. The van der Waals surface area contributed by atoms with E-state index in [1.807, 2.05) is 13.0 Å². The van der Waals surface area contributed by atoms with Crippen molar-refractivity contribution >= 4 is 5.91 Å². The Labute approximate surface area is 115 Å². The molecule has 0 radical (unpaired) electrons. The maximum atomic E-state index is 11.6. The molecule has 1 amide bonds. The first kappa shape index (κ1) is 15.2. The lowest BCUT2D eigenvalue weighted by molar-refractivity contribution is -0.123. The molecule has 0 aliphatic heterocycles. The smallest absolute Gasteiger partial charge is 0.237 e. The zero-order valence-electron chi connectivity index (χ0n) is 11.8. The van der Waals surface area contributed by atoms with Gasteiger partial charge in [-0.25, -0.2) is 0 Å². The number of rotatable bonds is 7. The number of benzene rings is 1. The second-order valence-corrected chi connectivity index (χ2v) is 4.70. The van der Waals surface area contributed by atoms with Crippen molar-refractivity contribution in [3.63, 3.8) is 0 Å². The highest BCUT2D eigenvalue weighted by atomic mass is 16.1. The number of nitrogens with zero attached hydrogens (tertiary/aromatic N) is 1. The Bertz CT molecular complexity index is 431. The van der Waals surface area contributed by atoms with Gasteiger partial charge in [-0.1, -0.05) is 44.5 Å². The Hall–Kier alpha value is -1.82. The van der Waals surface area contributed by atoms with Crippen molar-refractivity contribution in [2.75, 3.05) is 6.54 Å². The summed E-state index contributed by atoms with van der Waals surface area (Å²) in [5.41, 5.74) is 2.57. The first-order valence-electron chi connectivity index (χ1n) is 6.96. The van der Waals surface area contributed by atoms with Gasteiger partial charge >= 0.3 is 0 Å². The molecule has 0 saturated heterocycles. The maximum absolute atomic E-state index is 11.6. The third-order valence-electron chi connectivity index (χ3n) is 3.16. The van der Waals surface area contributed by atoms with Gasteiger partial charge in [0.25, 0.3) is 0 Å². The summed E-state index contributed by atoms with van der Waals surface area (Å²) in [6.45, 7) is 4.60. The van der Waals surface area contributed by atoms with E-state index in [1.54, 1.807) is 0 Å². The molecule has 0 heterocycles. The van der Waals surface area contributed by atoms with Gasteiger partial charge in [0.1, 0.15) is 5.92 Å². The van der Waals surface area contributed by atoms with Crippen LogP contribution in [0.15, 0.2) is 24.3 Å². The average Bonchev–Trinajstić information content (AvgIpc) is 2.42. The van der Waals surface area contributed by atoms with Gasteiger partial charge in [0.2, 0.25) is 5.91 Å². The van der Waals surface area contributed by atoms with E-state index in [1.165, 1.54) is 11.1 Å². The summed E-state index contributed by atoms with van der Waals surface area (Å²) in [6.07, 6.45) is 3.63. The number of amides is 1. The molecule has 1 aromatic carbocycles. The Balaban J connectivity index is 2.37. The normalized spacial score (nSPS) is 11.6. The van der Waals surface area contributed by atoms with Crippen molar-refractivity contribution in [1.82, 2.24) is 5.32 Å². The summed E-state index contributed by atoms with van der Waals surface area (Å²) in [4.78, 5) is 11.6. The first-order valence-corrected chi connectivity index (χ1v) is 6.96. The topological polar surface area (TPSA) is 52.9 Å². The van der Waals surface area contributed by atoms with Gasteiger partial charge in [-0.3, -0.25) is 4.79 Å². The van der Waals surface area contributed by atoms with Crippen molar-refractivity contribution in [3.8, 4) is 6.07 Å². The average molecular weight is 258 g/mol. The number of nitriles is 1. The summed E-state index contributed by atoms with van der Waals surface area (Å²) in [7, 11) is 0. The van der Waals surface area contributed by atoms with Gasteiger partial charge in [0.05, 0.1) is 6.07 Å². The highest BCUT2D eigenvalue weighted by Gasteiger charge is 2.14. The van der Waals surface area contributed by atoms with E-state index >= 15 is 0 Å². The summed E-state index contributed by atoms with van der Waals surface area (Å²) in [5.74, 6) is -0.681. The molecule has 19 heavy (non-hydrogen) atoms. The number of carbonyl (C=O) groups excluding carboxylic acids is 1. The second kappa shape index (κ2) is 8.31. The number of nitrogens with one attached hydrogen (secondary N) is 1. The summed E-state index contributed by atoms with van der Waals surface area (Å²) in [6, 6.07) is 10.5. The van der Waals surface area contributed by atoms with Gasteiger partial charge in [0, 0.05) is 6.54 Å². The van der Waals surface area contributed by atoms with Gasteiger partial charge in [-0.2, -0.15) is 5.26 Å². The molecular weight excluding hydrogens is 236 g/mol. The summed E-state index contributed by atoms with van der Waals surface area (Å²) >= 11 is 0. The molecule has 0 aromatic heterocycles. The molecule has 1 aromatic rings. The van der Waals surface area contributed by atoms with Crippen molar-refractivity contribution in [3.05, 3.63) is 35.4 Å². The number of hydrogen-bond donors (Lipinski definition) is 1. The third kappa shape index (κ3) is 5.13. The molecule has 1 atom stereocenters. The second-order valence-electron chi connectivity index (χ2n) is 4.70. The van der Waals surface area contributed by atoms with E-state index in [0.29, 0.717) is 13.0 Å². The molecule has 1 unspecified atom stereocenters. The molecule has 0 bridgehead atoms. The number of aryl methyl sites for hydroxylation is 1. The molecule has 0 saturated carbocycles. The number of hydrogen-bond acceptors (Lipinski definition) is 2. The van der Waals surface area contributed by atoms with Crippen LogP contribution in [0.25, 0.3) is 0 Å². The van der Waals surface area contributed by atoms with Crippen molar-refractivity contribution in [1.29, 1.82) is 5.26 Å². The Morgan fingerprint density at radius 3 is 2.26 bits per heavy atom. The minimum atomic E-state index is -0.521. The predicted octanol–water partition coefficient (Wildman–Crippen LogP) is 2.85. The largest absolute Gasteiger partial charge is 0.355 e. The number of carbonyl (C=O) groups is 1. The van der Waals surface area contributed by atoms with Crippen molar-refractivity contribution < 1.29 is 4.79 Å². The highest BCUT2D eigenvalue weighted by Crippen LogP contribution is 2.07. The predicted molar refractivity (Wildman–Crippen MR) is 76.5 cm³/mol. The van der Waals surface area contributed by atoms with Gasteiger partial charge < -0.3 is 5.32 Å². The van der Waals surface area contributed by atoms with E-state index < -0.39 is 5.92 Å². The molecule has 3 nitrogen and oxygen atoms in total. The zero-order chi connectivity index (χ0) is 14.1. The van der Waals surface area contributed by atoms with E-state index in [-0.39, 0.29) is 5.91 Å². The Morgan fingerprint density at radius 2 is 1.79 bits per heavy atom. The van der Waals surface area contributed by atoms with Crippen LogP contribution in [0.3, 0.4) is 0 Å². The Kier molecular flexibility index (Phi) is 6.67. The molecule has 0 aliphatic carbocycles. The van der Waals surface area contributed by atoms with E-state index in [4.69, 9.17) is 5.26 Å². The van der Waals surface area contributed by atoms with E-state index in [9.17, 15) is 4.79 Å². The lowest BCUT2D eigenvalue weighted by Crippen LogP contribution is -2.31. The molecule has 102 valence electrons. The SMILES string of the molecule is CCCc1ccc(CCNC(=O)C(C#N)CC)cc1. The fourth-order valence-corrected chi connectivity index (χ4v) is 1.95. The van der Waals surface area contributed by atoms with Crippen LogP contribution in [-0.4, -0.2) is 12.5 Å². The third-order valence-corrected chi connectivity index (χ3v) is 3.16. The monoisotopic (exact) mass is 258 g/mol. The molecular formula is C16H22N2O. The van der Waals surface area contributed by atoms with Gasteiger partial charge in [0.15, 0.2) is 0 Å². The van der Waals surface area contributed by atoms with Gasteiger partial charge in [-0.15, -0.1) is 0 Å². The Morgan fingerprint density at radius 1 is 1.21 bits per heavy atom. The zero-order valence-corrected chi connectivity index (χ0v) is 11.8. The molecule has 1 N–H and O–H groups in total. The van der Waals surface area contributed by atoms with Crippen LogP contribution in [0, 0.1) is 17.2 Å². The minimum absolute atomic E-state index is 0.160. The van der Waals surface area contributed by atoms with Crippen LogP contribution < -0.4 is 5.32 Å². The minimum Gasteiger partial charge on any atom is -0.355 e. The molecule has 0 aliphatic rings. The van der Waals surface area contributed by atoms with Crippen LogP contribution in [0.1, 0.15) is 37.8 Å². The molecule has 0 spiro atoms. The van der Waals surface area contributed by atoms with Crippen molar-refractivity contribution in [2.24, 2.45) is 5.92 Å². The van der Waals surface area contributed by atoms with Gasteiger partial charge in [-0.05, 0) is 30.4 Å². The fourth-order valence-electron chi connectivity index (χ4n) is 1.95. The summed E-state index contributed by atoms with van der Waals surface area (Å²) in [5, 5.41) is 11.6. The van der Waals surface area contributed by atoms with E-state index in [0.717, 1.165) is 19.3 Å². The molecule has 0 fully saturated rings. The van der Waals surface area contributed by atoms with Crippen LogP contribution in [0.5, 0.6) is 0 Å². The lowest BCUT2D eigenvalue weighted by Gasteiger charge is -2.08. The van der Waals surface area contributed by atoms with Crippen LogP contribution >= 0.6 is 0 Å². The van der Waals surface area contributed by atoms with E-state index in [2.05, 4.69) is 36.5 Å². The first-order chi connectivity index (χ1) is 9.21. The summed E-state index contributed by atoms with van der Waals surface area (Å²) < 4.78 is 0. The molecule has 3 heteroatoms. The van der Waals surface area contributed by atoms with Crippen LogP contribution in [0.2, 0.25) is 0 Å². The van der Waals surface area contributed by atoms with Crippen LogP contribution in [-0.2, 0) is 17.6 Å². The lowest BCUT2D eigenvalue weighted by atomic mass is 10.1. The quantitative estimate of drug-likeness (QED) is 0.817.